The number of nitrogens with one attached hydrogen (secondary N) is 3. The fourth-order valence-corrected chi connectivity index (χ4v) is 2.46. The number of carbonyl (C=O) groups excluding carboxylic acids is 1. The Bertz CT molecular complexity index is 984. The molecule has 0 bridgehead atoms. The number of ether oxygens (including phenoxy) is 1. The van der Waals surface area contributed by atoms with Crippen LogP contribution >= 0.6 is 0 Å². The van der Waals surface area contributed by atoms with Crippen LogP contribution in [-0.2, 0) is 12.7 Å². The number of pyridine rings is 1. The Morgan fingerprint density at radius 2 is 1.67 bits per heavy atom. The van der Waals surface area contributed by atoms with E-state index in [2.05, 4.69) is 15.6 Å². The van der Waals surface area contributed by atoms with Crippen LogP contribution in [0.3, 0.4) is 0 Å². The van der Waals surface area contributed by atoms with Crippen molar-refractivity contribution in [1.82, 2.24) is 0 Å². The smallest absolute Gasteiger partial charge is 0.417 e. The maximum absolute atomic E-state index is 12.6. The number of nitrogens with two attached hydrogens (primary N) is 1. The molecule has 0 saturated carbocycles. The zero-order chi connectivity index (χ0) is 20.9. The average Bonchev–Trinajstić information content (AvgIpc) is 2.68. The number of aromatic nitrogens is 1. The maximum Gasteiger partial charge on any atom is 0.417 e. The number of anilines is 3. The van der Waals surface area contributed by atoms with Crippen LogP contribution in [0.1, 0.15) is 11.1 Å². The molecule has 0 unspecified atom stereocenters. The first-order valence-corrected chi connectivity index (χ1v) is 8.57. The molecule has 0 aliphatic carbocycles. The van der Waals surface area contributed by atoms with Crippen molar-refractivity contribution in [2.45, 2.75) is 12.7 Å². The first kappa shape index (κ1) is 22.8. The topological polar surface area (TPSA) is 90.5 Å². The third kappa shape index (κ3) is 6.28. The second-order valence-corrected chi connectivity index (χ2v) is 6.08. The summed E-state index contributed by atoms with van der Waals surface area (Å²) < 4.78 is 42.9. The van der Waals surface area contributed by atoms with E-state index in [9.17, 15) is 18.0 Å². The molecular formula is C20H18ClF3N4O2. The van der Waals surface area contributed by atoms with Crippen molar-refractivity contribution in [3.8, 4) is 5.75 Å². The lowest BCUT2D eigenvalue weighted by atomic mass is 10.1. The molecule has 0 spiro atoms. The lowest BCUT2D eigenvalue weighted by molar-refractivity contribution is -0.342. The summed E-state index contributed by atoms with van der Waals surface area (Å²) >= 11 is 0. The standard InChI is InChI=1S/C20H17F3N4O2.ClH/c21-20(22,23)14-8-6-13(7-9-14)12-25-17-11-10-16(18(24)27-17)26-19(28)29-15-4-2-1-3-5-15;/h1-11H,12H2,(H,26,28)(H3,24,25,27);1H. The van der Waals surface area contributed by atoms with Crippen molar-refractivity contribution in [3.63, 3.8) is 0 Å². The van der Waals surface area contributed by atoms with Crippen LogP contribution < -0.4 is 38.5 Å². The van der Waals surface area contributed by atoms with Crippen LogP contribution in [0.2, 0.25) is 0 Å². The number of hydrogen-bond acceptors (Lipinski definition) is 4. The Morgan fingerprint density at radius 3 is 2.27 bits per heavy atom. The maximum atomic E-state index is 12.6. The number of carbonyl (C=O) groups is 1. The van der Waals surface area contributed by atoms with E-state index >= 15 is 0 Å². The summed E-state index contributed by atoms with van der Waals surface area (Å²) in [5.74, 6) is 1.11. The van der Waals surface area contributed by atoms with Gasteiger partial charge in [-0.15, -0.1) is 0 Å². The highest BCUT2D eigenvalue weighted by Crippen LogP contribution is 2.29. The monoisotopic (exact) mass is 438 g/mol. The summed E-state index contributed by atoms with van der Waals surface area (Å²) in [6, 6.07) is 16.6. The second-order valence-electron chi connectivity index (χ2n) is 6.08. The molecule has 0 saturated heterocycles. The van der Waals surface area contributed by atoms with Crippen molar-refractivity contribution in [3.05, 3.63) is 77.9 Å². The number of hydrogen-bond donors (Lipinski definition) is 3. The zero-order valence-corrected chi connectivity index (χ0v) is 16.2. The predicted molar refractivity (Wildman–Crippen MR) is 102 cm³/mol. The van der Waals surface area contributed by atoms with E-state index in [0.717, 1.165) is 12.1 Å². The zero-order valence-electron chi connectivity index (χ0n) is 15.5. The fourth-order valence-electron chi connectivity index (χ4n) is 2.46. The van der Waals surface area contributed by atoms with E-state index in [0.29, 0.717) is 22.8 Å². The van der Waals surface area contributed by atoms with E-state index < -0.39 is 17.8 Å². The molecule has 3 aromatic rings. The van der Waals surface area contributed by atoms with Crippen LogP contribution in [0, 0.1) is 0 Å². The minimum absolute atomic E-state index is 0. The number of para-hydroxylation sites is 1. The molecule has 1 amide bonds. The van der Waals surface area contributed by atoms with Crippen molar-refractivity contribution in [2.24, 2.45) is 0 Å². The van der Waals surface area contributed by atoms with Gasteiger partial charge < -0.3 is 28.2 Å². The van der Waals surface area contributed by atoms with Gasteiger partial charge in [-0.1, -0.05) is 30.3 Å². The molecule has 30 heavy (non-hydrogen) atoms. The number of alkyl halides is 3. The summed E-state index contributed by atoms with van der Waals surface area (Å²) in [6.45, 7) is 0.289. The molecule has 3 rings (SSSR count). The number of benzene rings is 2. The highest BCUT2D eigenvalue weighted by Gasteiger charge is 2.29. The van der Waals surface area contributed by atoms with Gasteiger partial charge in [0.15, 0.2) is 0 Å². The van der Waals surface area contributed by atoms with E-state index in [1.165, 1.54) is 12.1 Å². The van der Waals surface area contributed by atoms with Crippen molar-refractivity contribution in [1.29, 1.82) is 0 Å². The van der Waals surface area contributed by atoms with Gasteiger partial charge in [-0.3, -0.25) is 5.32 Å². The Hall–Kier alpha value is -3.46. The highest BCUT2D eigenvalue weighted by atomic mass is 35.5. The summed E-state index contributed by atoms with van der Waals surface area (Å²) in [4.78, 5) is 14.8. The van der Waals surface area contributed by atoms with Crippen LogP contribution in [0.25, 0.3) is 0 Å². The Balaban J connectivity index is 0.00000320. The summed E-state index contributed by atoms with van der Waals surface area (Å²) in [5.41, 5.74) is 6.20. The van der Waals surface area contributed by atoms with Crippen molar-refractivity contribution < 1.29 is 40.1 Å². The van der Waals surface area contributed by atoms with Gasteiger partial charge in [0.1, 0.15) is 11.4 Å². The molecule has 1 heterocycles. The summed E-state index contributed by atoms with van der Waals surface area (Å²) in [5, 5.41) is 5.55. The first-order valence-electron chi connectivity index (χ1n) is 8.57. The molecule has 5 N–H and O–H groups in total. The third-order valence-corrected chi connectivity index (χ3v) is 3.93. The predicted octanol–water partition coefficient (Wildman–Crippen LogP) is 1.33. The molecule has 0 aliphatic rings. The average molecular weight is 439 g/mol. The minimum Gasteiger partial charge on any atom is -1.00 e. The van der Waals surface area contributed by atoms with E-state index in [1.807, 2.05) is 0 Å². The van der Waals surface area contributed by atoms with Crippen LogP contribution in [-0.4, -0.2) is 6.09 Å². The second kappa shape index (κ2) is 9.84. The van der Waals surface area contributed by atoms with Gasteiger partial charge in [-0.25, -0.2) is 9.78 Å². The third-order valence-electron chi connectivity index (χ3n) is 3.93. The molecule has 0 aliphatic heterocycles. The minimum atomic E-state index is -4.36. The largest absolute Gasteiger partial charge is 1.00 e. The molecule has 1 aromatic heterocycles. The molecular weight excluding hydrogens is 421 g/mol. The molecule has 10 heteroatoms. The fraction of sp³-hybridized carbons (Fsp3) is 0.100. The number of H-pyrrole nitrogens is 1. The number of halogens is 4. The molecule has 0 radical (unpaired) electrons. The Kier molecular flexibility index (Phi) is 7.48. The molecule has 0 fully saturated rings. The molecule has 158 valence electrons. The SMILES string of the molecule is Nc1[nH+]c(NCc2ccc(C(F)(F)F)cc2)ccc1NC(=O)Oc1ccccc1.[Cl-]. The van der Waals surface area contributed by atoms with Crippen LogP contribution in [0.4, 0.5) is 35.3 Å². The van der Waals surface area contributed by atoms with Crippen molar-refractivity contribution in [2.75, 3.05) is 16.4 Å². The van der Waals surface area contributed by atoms with Crippen LogP contribution in [0.5, 0.6) is 5.75 Å². The quantitative estimate of drug-likeness (QED) is 0.560. The normalized spacial score (nSPS) is 10.6. The van der Waals surface area contributed by atoms with Gasteiger partial charge >= 0.3 is 12.3 Å². The van der Waals surface area contributed by atoms with Crippen LogP contribution in [0.15, 0.2) is 66.7 Å². The molecule has 6 nitrogen and oxygen atoms in total. The van der Waals surface area contributed by atoms with E-state index in [4.69, 9.17) is 10.5 Å². The van der Waals surface area contributed by atoms with Gasteiger partial charge in [0.25, 0.3) is 0 Å². The number of rotatable bonds is 5. The van der Waals surface area contributed by atoms with E-state index in [-0.39, 0.29) is 24.8 Å². The molecule has 2 aromatic carbocycles. The van der Waals surface area contributed by atoms with Gasteiger partial charge in [-0.2, -0.15) is 13.2 Å². The van der Waals surface area contributed by atoms with Gasteiger partial charge in [-0.05, 0) is 35.9 Å². The number of amides is 1. The van der Waals surface area contributed by atoms with Gasteiger partial charge in [0.05, 0.1) is 12.1 Å². The van der Waals surface area contributed by atoms with Gasteiger partial charge in [0, 0.05) is 6.07 Å². The summed E-state index contributed by atoms with van der Waals surface area (Å²) in [6.07, 6.45) is -5.06. The molecule has 0 atom stereocenters. The number of aromatic amines is 1. The number of nitrogen functional groups attached to an aromatic ring is 1. The van der Waals surface area contributed by atoms with Gasteiger partial charge in [0.2, 0.25) is 11.6 Å². The highest BCUT2D eigenvalue weighted by molar-refractivity contribution is 5.88. The Labute approximate surface area is 176 Å². The lowest BCUT2D eigenvalue weighted by Crippen LogP contribution is -3.00. The Morgan fingerprint density at radius 1 is 1.00 bits per heavy atom. The van der Waals surface area contributed by atoms with E-state index in [1.54, 1.807) is 42.5 Å². The van der Waals surface area contributed by atoms with Crippen molar-refractivity contribution >= 4 is 23.4 Å². The lowest BCUT2D eigenvalue weighted by Gasteiger charge is -2.09. The first-order chi connectivity index (χ1) is 13.8. The summed E-state index contributed by atoms with van der Waals surface area (Å²) in [7, 11) is 0.